The molecule has 1 aliphatic carbocycles. The zero-order valence-electron chi connectivity index (χ0n) is 7.57. The van der Waals surface area contributed by atoms with Crippen LogP contribution in [0.25, 0.3) is 0 Å². The average Bonchev–Trinajstić information content (AvgIpc) is 2.51. The normalized spacial score (nSPS) is 29.6. The third kappa shape index (κ3) is 2.34. The van der Waals surface area contributed by atoms with Gasteiger partial charge in [-0.3, -0.25) is 0 Å². The molecule has 0 saturated heterocycles. The molecule has 6 heteroatoms. The van der Waals surface area contributed by atoms with E-state index in [0.29, 0.717) is 0 Å². The molecule has 1 saturated carbocycles. The molecule has 0 aromatic rings. The molecule has 1 fully saturated rings. The van der Waals surface area contributed by atoms with Crippen LogP contribution in [-0.4, -0.2) is 19.4 Å². The summed E-state index contributed by atoms with van der Waals surface area (Å²) >= 11 is 0. The standard InChI is InChI=1S/C8H11F5O/c1-14-8(12,13)6-3-2-5(4-6)7(9,10)11/h5-6H,2-4H2,1H3. The molecule has 0 heterocycles. The summed E-state index contributed by atoms with van der Waals surface area (Å²) in [5, 5.41) is 0. The second kappa shape index (κ2) is 3.64. The first-order valence-corrected chi connectivity index (χ1v) is 4.27. The van der Waals surface area contributed by atoms with Gasteiger partial charge in [0.1, 0.15) is 0 Å². The topological polar surface area (TPSA) is 9.23 Å². The Hall–Kier alpha value is -0.390. The van der Waals surface area contributed by atoms with Crippen LogP contribution in [0.4, 0.5) is 22.0 Å². The largest absolute Gasteiger partial charge is 0.391 e. The minimum Gasteiger partial charge on any atom is -0.324 e. The van der Waals surface area contributed by atoms with Crippen molar-refractivity contribution in [3.8, 4) is 0 Å². The summed E-state index contributed by atoms with van der Waals surface area (Å²) in [5.41, 5.74) is 0. The minimum atomic E-state index is -4.36. The molecular formula is C8H11F5O. The van der Waals surface area contributed by atoms with Gasteiger partial charge in [0.05, 0.1) is 11.8 Å². The van der Waals surface area contributed by atoms with Gasteiger partial charge >= 0.3 is 12.3 Å². The van der Waals surface area contributed by atoms with Crippen LogP contribution in [0, 0.1) is 11.8 Å². The van der Waals surface area contributed by atoms with Gasteiger partial charge in [-0.05, 0) is 19.3 Å². The van der Waals surface area contributed by atoms with E-state index in [1.165, 1.54) is 0 Å². The summed E-state index contributed by atoms with van der Waals surface area (Å²) in [5.74, 6) is -2.91. The lowest BCUT2D eigenvalue weighted by Gasteiger charge is -2.21. The lowest BCUT2D eigenvalue weighted by atomic mass is 10.0. The van der Waals surface area contributed by atoms with E-state index >= 15 is 0 Å². The fourth-order valence-corrected chi connectivity index (χ4v) is 1.75. The molecule has 0 N–H and O–H groups in total. The predicted octanol–water partition coefficient (Wildman–Crippen LogP) is 3.20. The lowest BCUT2D eigenvalue weighted by Crippen LogP contribution is -2.29. The highest BCUT2D eigenvalue weighted by Gasteiger charge is 2.51. The highest BCUT2D eigenvalue weighted by atomic mass is 19.4. The number of ether oxygens (including phenoxy) is 1. The van der Waals surface area contributed by atoms with Crippen molar-refractivity contribution in [3.05, 3.63) is 0 Å². The first-order chi connectivity index (χ1) is 6.27. The molecule has 0 aromatic carbocycles. The lowest BCUT2D eigenvalue weighted by molar-refractivity contribution is -0.258. The van der Waals surface area contributed by atoms with Crippen molar-refractivity contribution in [2.75, 3.05) is 7.11 Å². The summed E-state index contributed by atoms with van der Waals surface area (Å²) in [4.78, 5) is 0. The fourth-order valence-electron chi connectivity index (χ4n) is 1.75. The van der Waals surface area contributed by atoms with Crippen LogP contribution in [-0.2, 0) is 4.74 Å². The van der Waals surface area contributed by atoms with Crippen molar-refractivity contribution < 1.29 is 26.7 Å². The minimum absolute atomic E-state index is 0.134. The molecule has 2 atom stereocenters. The Morgan fingerprint density at radius 3 is 1.86 bits per heavy atom. The number of methoxy groups -OCH3 is 1. The van der Waals surface area contributed by atoms with E-state index in [1.54, 1.807) is 0 Å². The molecule has 0 spiro atoms. The number of rotatable bonds is 2. The highest BCUT2D eigenvalue weighted by molar-refractivity contribution is 4.84. The zero-order chi connectivity index (χ0) is 11.0. The van der Waals surface area contributed by atoms with E-state index in [1.807, 2.05) is 0 Å². The Labute approximate surface area is 78.2 Å². The average molecular weight is 218 g/mol. The van der Waals surface area contributed by atoms with E-state index in [2.05, 4.69) is 4.74 Å². The summed E-state index contributed by atoms with van der Waals surface area (Å²) in [7, 11) is 0.806. The Balaban J connectivity index is 2.58. The molecule has 0 bridgehead atoms. The quantitative estimate of drug-likeness (QED) is 0.646. The third-order valence-corrected chi connectivity index (χ3v) is 2.64. The maximum absolute atomic E-state index is 12.8. The van der Waals surface area contributed by atoms with E-state index in [0.717, 1.165) is 7.11 Å². The van der Waals surface area contributed by atoms with Gasteiger partial charge in [-0.15, -0.1) is 0 Å². The first-order valence-electron chi connectivity index (χ1n) is 4.27. The van der Waals surface area contributed by atoms with Gasteiger partial charge in [-0.2, -0.15) is 22.0 Å². The van der Waals surface area contributed by atoms with Crippen molar-refractivity contribution in [1.29, 1.82) is 0 Å². The molecule has 0 amide bonds. The van der Waals surface area contributed by atoms with Crippen molar-refractivity contribution in [3.63, 3.8) is 0 Å². The Morgan fingerprint density at radius 1 is 1.00 bits per heavy atom. The van der Waals surface area contributed by atoms with E-state index in [-0.39, 0.29) is 12.8 Å². The smallest absolute Gasteiger partial charge is 0.324 e. The Morgan fingerprint density at radius 2 is 1.50 bits per heavy atom. The van der Waals surface area contributed by atoms with E-state index in [9.17, 15) is 22.0 Å². The predicted molar refractivity (Wildman–Crippen MR) is 38.8 cm³/mol. The van der Waals surface area contributed by atoms with E-state index in [4.69, 9.17) is 0 Å². The number of alkyl halides is 5. The van der Waals surface area contributed by atoms with Gasteiger partial charge in [0, 0.05) is 7.11 Å². The molecule has 1 rings (SSSR count). The molecule has 0 aromatic heterocycles. The third-order valence-electron chi connectivity index (χ3n) is 2.64. The van der Waals surface area contributed by atoms with Crippen molar-refractivity contribution in [1.82, 2.24) is 0 Å². The molecular weight excluding hydrogens is 207 g/mol. The molecule has 0 radical (unpaired) electrons. The molecule has 0 aliphatic heterocycles. The van der Waals surface area contributed by atoms with Crippen LogP contribution in [0.3, 0.4) is 0 Å². The molecule has 1 aliphatic rings. The van der Waals surface area contributed by atoms with Crippen LogP contribution in [0.1, 0.15) is 19.3 Å². The molecule has 14 heavy (non-hydrogen) atoms. The van der Waals surface area contributed by atoms with Crippen LogP contribution in [0.2, 0.25) is 0 Å². The second-order valence-corrected chi connectivity index (χ2v) is 3.51. The summed E-state index contributed by atoms with van der Waals surface area (Å²) in [6.07, 6.45) is -8.69. The first kappa shape index (κ1) is 11.7. The summed E-state index contributed by atoms with van der Waals surface area (Å²) < 4.78 is 66.0. The Kier molecular flexibility index (Phi) is 3.04. The SMILES string of the molecule is COC(F)(F)C1CCC(C(F)(F)F)C1. The summed E-state index contributed by atoms with van der Waals surface area (Å²) in [6, 6.07) is 0. The van der Waals surface area contributed by atoms with Gasteiger partial charge in [-0.1, -0.05) is 0 Å². The molecule has 84 valence electrons. The Bertz CT molecular complexity index is 200. The summed E-state index contributed by atoms with van der Waals surface area (Å²) in [6.45, 7) is 0. The zero-order valence-corrected chi connectivity index (χ0v) is 7.57. The maximum atomic E-state index is 12.8. The second-order valence-electron chi connectivity index (χ2n) is 3.51. The highest BCUT2D eigenvalue weighted by Crippen LogP contribution is 2.47. The maximum Gasteiger partial charge on any atom is 0.391 e. The van der Waals surface area contributed by atoms with Gasteiger partial charge in [-0.25, -0.2) is 0 Å². The van der Waals surface area contributed by atoms with Gasteiger partial charge in [0.25, 0.3) is 0 Å². The van der Waals surface area contributed by atoms with Gasteiger partial charge in [0.2, 0.25) is 0 Å². The van der Waals surface area contributed by atoms with E-state index < -0.39 is 30.5 Å². The van der Waals surface area contributed by atoms with Crippen molar-refractivity contribution >= 4 is 0 Å². The van der Waals surface area contributed by atoms with Crippen LogP contribution in [0.15, 0.2) is 0 Å². The number of hydrogen-bond donors (Lipinski definition) is 0. The number of hydrogen-bond acceptors (Lipinski definition) is 1. The van der Waals surface area contributed by atoms with Crippen molar-refractivity contribution in [2.45, 2.75) is 31.5 Å². The number of halogens is 5. The van der Waals surface area contributed by atoms with Crippen LogP contribution < -0.4 is 0 Å². The molecule has 1 nitrogen and oxygen atoms in total. The van der Waals surface area contributed by atoms with Crippen molar-refractivity contribution in [2.24, 2.45) is 11.8 Å². The van der Waals surface area contributed by atoms with Crippen LogP contribution in [0.5, 0.6) is 0 Å². The van der Waals surface area contributed by atoms with Crippen LogP contribution >= 0.6 is 0 Å². The van der Waals surface area contributed by atoms with Gasteiger partial charge in [0.15, 0.2) is 0 Å². The monoisotopic (exact) mass is 218 g/mol. The fraction of sp³-hybridized carbons (Fsp3) is 1.00. The molecule has 2 unspecified atom stereocenters. The van der Waals surface area contributed by atoms with Gasteiger partial charge < -0.3 is 4.74 Å².